The van der Waals surface area contributed by atoms with E-state index in [1.165, 1.54) is 12.8 Å². The number of benzene rings is 1. The first kappa shape index (κ1) is 20.1. The number of fused-ring (bicyclic) bond motifs is 1. The lowest BCUT2D eigenvalue weighted by molar-refractivity contribution is 0.0607. The van der Waals surface area contributed by atoms with Gasteiger partial charge in [0.2, 0.25) is 0 Å². The van der Waals surface area contributed by atoms with Crippen LogP contribution in [0.15, 0.2) is 30.5 Å². The molecule has 2 aliphatic rings. The lowest BCUT2D eigenvalue weighted by atomic mass is 9.98. The Hall–Kier alpha value is -2.80. The van der Waals surface area contributed by atoms with Crippen LogP contribution in [0.5, 0.6) is 0 Å². The smallest absolute Gasteiger partial charge is 0.256 e. The molecule has 8 heteroatoms. The van der Waals surface area contributed by atoms with Crippen molar-refractivity contribution in [2.75, 3.05) is 30.3 Å². The van der Waals surface area contributed by atoms with Gasteiger partial charge >= 0.3 is 0 Å². The Labute approximate surface area is 186 Å². The fourth-order valence-corrected chi connectivity index (χ4v) is 4.95. The zero-order valence-corrected chi connectivity index (χ0v) is 18.5. The second kappa shape index (κ2) is 8.04. The Morgan fingerprint density at radius 1 is 1.13 bits per heavy atom. The second-order valence-electron chi connectivity index (χ2n) is 8.56. The Morgan fingerprint density at radius 3 is 2.71 bits per heavy atom. The predicted octanol–water partition coefficient (Wildman–Crippen LogP) is 4.24. The van der Waals surface area contributed by atoms with E-state index in [4.69, 9.17) is 27.4 Å². The molecule has 1 atom stereocenters. The van der Waals surface area contributed by atoms with E-state index in [9.17, 15) is 4.79 Å². The van der Waals surface area contributed by atoms with E-state index in [-0.39, 0.29) is 11.9 Å². The van der Waals surface area contributed by atoms with Crippen LogP contribution in [-0.2, 0) is 0 Å². The molecule has 7 nitrogen and oxygen atoms in total. The number of anilines is 2. The maximum absolute atomic E-state index is 13.4. The lowest BCUT2D eigenvalue weighted by Crippen LogP contribution is -2.39. The maximum Gasteiger partial charge on any atom is 0.256 e. The Bertz CT molecular complexity index is 1140. The molecule has 3 aromatic rings. The van der Waals surface area contributed by atoms with E-state index in [0.717, 1.165) is 55.1 Å². The molecule has 31 heavy (non-hydrogen) atoms. The summed E-state index contributed by atoms with van der Waals surface area (Å²) in [7, 11) is 0. The lowest BCUT2D eigenvalue weighted by Gasteiger charge is -2.35. The number of aryl methyl sites for hydroxylation is 1. The first-order chi connectivity index (χ1) is 15.0. The largest absolute Gasteiger partial charge is 0.398 e. The molecular weight excluding hydrogens is 412 g/mol. The van der Waals surface area contributed by atoms with Crippen molar-refractivity contribution in [3.8, 4) is 0 Å². The van der Waals surface area contributed by atoms with Crippen LogP contribution in [0, 0.1) is 6.92 Å². The molecule has 1 aromatic carbocycles. The van der Waals surface area contributed by atoms with E-state index in [2.05, 4.69) is 11.8 Å². The number of hydrogen-bond donors (Lipinski definition) is 1. The molecule has 2 fully saturated rings. The topological polar surface area (TPSA) is 79.8 Å². The summed E-state index contributed by atoms with van der Waals surface area (Å²) in [5, 5.41) is 5.32. The van der Waals surface area contributed by atoms with Crippen LogP contribution in [0.3, 0.4) is 0 Å². The molecule has 2 aliphatic heterocycles. The van der Waals surface area contributed by atoms with Gasteiger partial charge in [0.25, 0.3) is 5.91 Å². The van der Waals surface area contributed by atoms with Crippen LogP contribution in [0.2, 0.25) is 5.02 Å². The third kappa shape index (κ3) is 3.71. The van der Waals surface area contributed by atoms with Gasteiger partial charge < -0.3 is 15.5 Å². The third-order valence-corrected chi connectivity index (χ3v) is 6.62. The van der Waals surface area contributed by atoms with E-state index < -0.39 is 0 Å². The molecule has 2 aromatic heterocycles. The number of carbonyl (C=O) groups excluding carboxylic acids is 1. The first-order valence-corrected chi connectivity index (χ1v) is 11.4. The minimum Gasteiger partial charge on any atom is -0.398 e. The van der Waals surface area contributed by atoms with Crippen molar-refractivity contribution in [1.82, 2.24) is 19.5 Å². The Balaban J connectivity index is 1.49. The van der Waals surface area contributed by atoms with Crippen LogP contribution in [0.1, 0.15) is 59.8 Å². The molecule has 0 unspecified atom stereocenters. The molecule has 0 bridgehead atoms. The summed E-state index contributed by atoms with van der Waals surface area (Å²) >= 11 is 6.14. The van der Waals surface area contributed by atoms with Crippen molar-refractivity contribution in [3.63, 3.8) is 0 Å². The summed E-state index contributed by atoms with van der Waals surface area (Å²) in [5.41, 5.74) is 9.81. The highest BCUT2D eigenvalue weighted by Gasteiger charge is 2.32. The van der Waals surface area contributed by atoms with Gasteiger partial charge in [0, 0.05) is 48.2 Å². The normalized spacial score (nSPS) is 19.4. The van der Waals surface area contributed by atoms with Crippen molar-refractivity contribution in [2.24, 2.45) is 0 Å². The minimum absolute atomic E-state index is 0.0938. The molecule has 4 heterocycles. The van der Waals surface area contributed by atoms with Gasteiger partial charge in [-0.05, 0) is 57.2 Å². The Morgan fingerprint density at radius 2 is 1.90 bits per heavy atom. The van der Waals surface area contributed by atoms with Crippen LogP contribution < -0.4 is 10.6 Å². The number of hydrogen-bond acceptors (Lipinski definition) is 5. The highest BCUT2D eigenvalue weighted by molar-refractivity contribution is 6.31. The maximum atomic E-state index is 13.4. The van der Waals surface area contributed by atoms with Crippen molar-refractivity contribution in [1.29, 1.82) is 0 Å². The molecule has 1 amide bonds. The molecule has 162 valence electrons. The number of aromatic nitrogens is 3. The molecular formula is C23H27ClN6O. The van der Waals surface area contributed by atoms with Crippen LogP contribution >= 0.6 is 11.6 Å². The average molecular weight is 439 g/mol. The highest BCUT2D eigenvalue weighted by atomic mass is 35.5. The minimum atomic E-state index is -0.100. The second-order valence-corrected chi connectivity index (χ2v) is 8.99. The van der Waals surface area contributed by atoms with Gasteiger partial charge in [-0.2, -0.15) is 5.10 Å². The number of halogens is 1. The van der Waals surface area contributed by atoms with E-state index >= 15 is 0 Å². The number of amides is 1. The summed E-state index contributed by atoms with van der Waals surface area (Å²) in [4.78, 5) is 22.5. The molecule has 0 spiro atoms. The number of rotatable bonds is 3. The highest BCUT2D eigenvalue weighted by Crippen LogP contribution is 2.34. The zero-order chi connectivity index (χ0) is 21.5. The number of carbonyl (C=O) groups is 1. The van der Waals surface area contributed by atoms with Crippen molar-refractivity contribution in [3.05, 3.63) is 52.3 Å². The summed E-state index contributed by atoms with van der Waals surface area (Å²) < 4.78 is 1.84. The Kier molecular flexibility index (Phi) is 5.22. The number of piperidine rings is 1. The fourth-order valence-electron chi connectivity index (χ4n) is 4.78. The summed E-state index contributed by atoms with van der Waals surface area (Å²) in [6, 6.07) is 6.97. The van der Waals surface area contributed by atoms with Crippen molar-refractivity contribution in [2.45, 2.75) is 45.1 Å². The van der Waals surface area contributed by atoms with Gasteiger partial charge in [0.1, 0.15) is 5.82 Å². The van der Waals surface area contributed by atoms with E-state index in [1.807, 2.05) is 21.7 Å². The van der Waals surface area contributed by atoms with Crippen LogP contribution in [0.25, 0.3) is 5.65 Å². The van der Waals surface area contributed by atoms with E-state index in [1.54, 1.807) is 18.2 Å². The third-order valence-electron chi connectivity index (χ3n) is 6.38. The molecule has 2 saturated heterocycles. The predicted molar refractivity (Wildman–Crippen MR) is 123 cm³/mol. The average Bonchev–Trinajstić information content (AvgIpc) is 3.44. The van der Waals surface area contributed by atoms with Gasteiger partial charge in [0.15, 0.2) is 5.65 Å². The molecule has 5 rings (SSSR count). The van der Waals surface area contributed by atoms with Gasteiger partial charge in [-0.15, -0.1) is 0 Å². The van der Waals surface area contributed by atoms with Crippen LogP contribution in [0.4, 0.5) is 11.5 Å². The first-order valence-electron chi connectivity index (χ1n) is 11.0. The molecule has 0 aliphatic carbocycles. The van der Waals surface area contributed by atoms with E-state index in [0.29, 0.717) is 22.8 Å². The van der Waals surface area contributed by atoms with Gasteiger partial charge in [-0.1, -0.05) is 11.6 Å². The van der Waals surface area contributed by atoms with Crippen molar-refractivity contribution >= 4 is 34.7 Å². The molecule has 0 saturated carbocycles. The molecule has 2 N–H and O–H groups in total. The molecule has 0 radical (unpaired) electrons. The summed E-state index contributed by atoms with van der Waals surface area (Å²) in [5.74, 6) is 0.948. The SMILES string of the molecule is Cc1cn2nc([C@@H]3CCCCN3C(=O)c3cc(Cl)ccc3N)cc2nc1N1CCCC1. The van der Waals surface area contributed by atoms with Crippen molar-refractivity contribution < 1.29 is 4.79 Å². The zero-order valence-electron chi connectivity index (χ0n) is 17.7. The van der Waals surface area contributed by atoms with Gasteiger partial charge in [-0.25, -0.2) is 9.50 Å². The summed E-state index contributed by atoms with van der Waals surface area (Å²) in [6.45, 7) is 4.86. The fraction of sp³-hybridized carbons (Fsp3) is 0.435. The number of nitrogen functional groups attached to an aromatic ring is 1. The number of nitrogens with zero attached hydrogens (tertiary/aromatic N) is 5. The summed E-state index contributed by atoms with van der Waals surface area (Å²) in [6.07, 6.45) is 7.36. The van der Waals surface area contributed by atoms with Gasteiger partial charge in [-0.3, -0.25) is 4.79 Å². The monoisotopic (exact) mass is 438 g/mol. The number of nitrogens with two attached hydrogens (primary N) is 1. The number of likely N-dealkylation sites (tertiary alicyclic amines) is 1. The van der Waals surface area contributed by atoms with Gasteiger partial charge in [0.05, 0.1) is 17.3 Å². The van der Waals surface area contributed by atoms with Crippen LogP contribution in [-0.4, -0.2) is 45.0 Å². The standard InChI is InChI=1S/C23H27ClN6O/c1-15-14-30-21(26-22(15)28-9-4-5-10-28)13-19(27-30)20-6-2-3-11-29(20)23(31)17-12-16(24)7-8-18(17)25/h7-8,12-14,20H,2-6,9-11,25H2,1H3/t20-/m0/s1. The quantitative estimate of drug-likeness (QED) is 0.618.